The summed E-state index contributed by atoms with van der Waals surface area (Å²) in [6.45, 7) is 1.91. The summed E-state index contributed by atoms with van der Waals surface area (Å²) >= 11 is 0. The maximum Gasteiger partial charge on any atom is 1.00 e. The molecule has 0 amide bonds. The van der Waals surface area contributed by atoms with Gasteiger partial charge in [-0.2, -0.15) is 0 Å². The van der Waals surface area contributed by atoms with E-state index in [0.29, 0.717) is 17.7 Å². The van der Waals surface area contributed by atoms with Crippen molar-refractivity contribution < 1.29 is 57.5 Å². The van der Waals surface area contributed by atoms with Crippen molar-refractivity contribution in [1.82, 2.24) is 0 Å². The molecule has 2 rings (SSSR count). The smallest absolute Gasteiger partial charge is 0.748 e. The minimum Gasteiger partial charge on any atom is -0.748 e. The Morgan fingerprint density at radius 1 is 1.12 bits per heavy atom. The Balaban J connectivity index is 0.00000578. The monoisotopic (exact) mass is 499 g/mol. The molecule has 180 valence electrons. The van der Waals surface area contributed by atoms with Gasteiger partial charge in [0.2, 0.25) is 0 Å². The third-order valence-corrected chi connectivity index (χ3v) is 6.43. The molecule has 0 aliphatic heterocycles. The first-order valence-corrected chi connectivity index (χ1v) is 11.9. The molecular weight excluding hydrogens is 469 g/mol. The van der Waals surface area contributed by atoms with Gasteiger partial charge in [-0.3, -0.25) is 0 Å². The molecule has 34 heavy (non-hydrogen) atoms. The molecule has 0 aliphatic rings. The van der Waals surface area contributed by atoms with E-state index in [9.17, 15) is 23.2 Å². The van der Waals surface area contributed by atoms with E-state index < -0.39 is 21.5 Å². The molecule has 0 unspecified atom stereocenters. The van der Waals surface area contributed by atoms with Gasteiger partial charge in [0, 0.05) is 0 Å². The summed E-state index contributed by atoms with van der Waals surface area (Å²) in [6, 6.07) is 13.1. The third-order valence-electron chi connectivity index (χ3n) is 5.23. The molecule has 0 aliphatic carbocycles. The summed E-state index contributed by atoms with van der Waals surface area (Å²) in [5, 5.41) is 18.4. The van der Waals surface area contributed by atoms with Gasteiger partial charge in [0.1, 0.15) is 11.5 Å². The van der Waals surface area contributed by atoms with Crippen molar-refractivity contribution in [3.8, 4) is 11.5 Å². The van der Waals surface area contributed by atoms with E-state index in [1.807, 2.05) is 19.1 Å². The number of nitrogens with two attached hydrogens (primary N) is 2. The number of guanidine groups is 1. The van der Waals surface area contributed by atoms with Crippen LogP contribution in [0.25, 0.3) is 0 Å². The van der Waals surface area contributed by atoms with E-state index >= 15 is 0 Å². The van der Waals surface area contributed by atoms with Gasteiger partial charge in [-0.15, -0.1) is 0 Å². The standard InChI is InChI=1S/C23H31N3O6S.Na/c1-2-16(17-8-12-20(13-9-17)32-15-26-23(24)25)14-21(33(29,30)31)4-3-5-22(28)18-6-10-19(27)11-7-18;/h3,5-13,16,21-22,27-28H,2,4,14-15H2,1H3,(H4,24,25,26)(H,29,30,31);/q;+1/p-1/b5-3+;/t16-,21+,22-;/m1./s1. The Bertz CT molecular complexity index is 1040. The van der Waals surface area contributed by atoms with Crippen molar-refractivity contribution in [3.63, 3.8) is 0 Å². The van der Waals surface area contributed by atoms with Crippen LogP contribution in [0.1, 0.15) is 49.3 Å². The fraction of sp³-hybridized carbons (Fsp3) is 0.348. The van der Waals surface area contributed by atoms with Crippen LogP contribution in [0.3, 0.4) is 0 Å². The zero-order valence-electron chi connectivity index (χ0n) is 19.4. The van der Waals surface area contributed by atoms with Crippen molar-refractivity contribution in [2.24, 2.45) is 16.5 Å². The average molecular weight is 500 g/mol. The summed E-state index contributed by atoms with van der Waals surface area (Å²) in [5.74, 6) is 0.400. The topological polar surface area (TPSA) is 171 Å². The number of aliphatic hydroxyl groups excluding tert-OH is 1. The van der Waals surface area contributed by atoms with Crippen LogP contribution in [0.2, 0.25) is 0 Å². The Labute approximate surface area is 222 Å². The number of benzene rings is 2. The number of aliphatic hydroxyl groups is 1. The van der Waals surface area contributed by atoms with Crippen molar-refractivity contribution in [3.05, 3.63) is 71.8 Å². The van der Waals surface area contributed by atoms with Gasteiger partial charge >= 0.3 is 29.6 Å². The molecule has 11 heteroatoms. The van der Waals surface area contributed by atoms with Crippen LogP contribution >= 0.6 is 0 Å². The second-order valence-corrected chi connectivity index (χ2v) is 9.23. The minimum atomic E-state index is -4.55. The summed E-state index contributed by atoms with van der Waals surface area (Å²) in [7, 11) is -4.55. The Kier molecular flexibility index (Phi) is 12.6. The number of aliphatic imine (C=N–C) groups is 1. The number of nitrogens with zero attached hydrogens (tertiary/aromatic N) is 1. The van der Waals surface area contributed by atoms with Gasteiger partial charge in [0.25, 0.3) is 0 Å². The summed E-state index contributed by atoms with van der Waals surface area (Å²) < 4.78 is 41.1. The molecule has 2 aromatic rings. The number of ether oxygens (including phenoxy) is 1. The first kappa shape index (κ1) is 30.0. The van der Waals surface area contributed by atoms with E-state index in [1.54, 1.807) is 24.3 Å². The van der Waals surface area contributed by atoms with Gasteiger partial charge in [-0.25, -0.2) is 13.4 Å². The van der Waals surface area contributed by atoms with Crippen LogP contribution in [0, 0.1) is 0 Å². The Hall–Kier alpha value is -2.08. The number of hydrogen-bond donors (Lipinski definition) is 4. The zero-order chi connectivity index (χ0) is 24.4. The van der Waals surface area contributed by atoms with Crippen LogP contribution in [-0.2, 0) is 10.1 Å². The fourth-order valence-corrected chi connectivity index (χ4v) is 4.16. The van der Waals surface area contributed by atoms with Gasteiger partial charge in [-0.05, 0) is 60.6 Å². The molecule has 0 fully saturated rings. The number of phenolic OH excluding ortho intramolecular Hbond substituents is 1. The molecule has 0 heterocycles. The molecule has 3 atom stereocenters. The largest absolute Gasteiger partial charge is 1.00 e. The van der Waals surface area contributed by atoms with E-state index in [1.165, 1.54) is 24.3 Å². The molecule has 6 N–H and O–H groups in total. The molecule has 9 nitrogen and oxygen atoms in total. The second-order valence-electron chi connectivity index (χ2n) is 7.58. The van der Waals surface area contributed by atoms with Gasteiger partial charge < -0.3 is 31.0 Å². The predicted octanol–water partition coefficient (Wildman–Crippen LogP) is -0.517. The summed E-state index contributed by atoms with van der Waals surface area (Å²) in [5.41, 5.74) is 11.9. The van der Waals surface area contributed by atoms with Crippen LogP contribution in [0.4, 0.5) is 0 Å². The molecule has 0 spiro atoms. The maximum atomic E-state index is 11.9. The summed E-state index contributed by atoms with van der Waals surface area (Å²) in [4.78, 5) is 3.74. The average Bonchev–Trinajstić information content (AvgIpc) is 2.76. The second kappa shape index (κ2) is 14.3. The maximum absolute atomic E-state index is 11.9. The van der Waals surface area contributed by atoms with Crippen molar-refractivity contribution >= 4 is 16.1 Å². The Morgan fingerprint density at radius 2 is 1.71 bits per heavy atom. The van der Waals surface area contributed by atoms with Crippen LogP contribution in [0.5, 0.6) is 11.5 Å². The number of hydrogen-bond acceptors (Lipinski definition) is 7. The van der Waals surface area contributed by atoms with E-state index in [2.05, 4.69) is 4.99 Å². The molecular formula is C23H30N3NaO6S. The number of phenols is 1. The van der Waals surface area contributed by atoms with Crippen LogP contribution in [-0.4, -0.2) is 41.1 Å². The van der Waals surface area contributed by atoms with Crippen molar-refractivity contribution in [1.29, 1.82) is 0 Å². The summed E-state index contributed by atoms with van der Waals surface area (Å²) in [6.07, 6.45) is 2.74. The van der Waals surface area contributed by atoms with Crippen molar-refractivity contribution in [2.45, 2.75) is 43.5 Å². The molecule has 0 saturated heterocycles. The van der Waals surface area contributed by atoms with Gasteiger partial charge in [-0.1, -0.05) is 43.3 Å². The normalized spacial score (nSPS) is 14.1. The third kappa shape index (κ3) is 10.0. The molecule has 0 radical (unpaired) electrons. The minimum absolute atomic E-state index is 0. The fourth-order valence-electron chi connectivity index (χ4n) is 3.35. The molecule has 0 bridgehead atoms. The Morgan fingerprint density at radius 3 is 2.24 bits per heavy atom. The SMILES string of the molecule is CC[C@H](C[C@H](C/C=C/[C@@H](O)c1ccc(O)cc1)S(=O)(=O)[O-])c1ccc(OCN=C(N)N)cc1.[Na+]. The van der Waals surface area contributed by atoms with Crippen LogP contribution in [0.15, 0.2) is 65.7 Å². The predicted molar refractivity (Wildman–Crippen MR) is 126 cm³/mol. The number of aromatic hydroxyl groups is 1. The van der Waals surface area contributed by atoms with E-state index in [0.717, 1.165) is 5.56 Å². The van der Waals surface area contributed by atoms with E-state index in [4.69, 9.17) is 16.2 Å². The van der Waals surface area contributed by atoms with Crippen LogP contribution < -0.4 is 45.8 Å². The quantitative estimate of drug-likeness (QED) is 0.0993. The zero-order valence-corrected chi connectivity index (χ0v) is 22.2. The van der Waals surface area contributed by atoms with Gasteiger partial charge in [0.15, 0.2) is 12.7 Å². The molecule has 2 aromatic carbocycles. The first-order valence-electron chi connectivity index (χ1n) is 10.5. The molecule has 0 saturated carbocycles. The first-order chi connectivity index (χ1) is 15.6. The van der Waals surface area contributed by atoms with E-state index in [-0.39, 0.29) is 66.8 Å². The van der Waals surface area contributed by atoms with Gasteiger partial charge in [0.05, 0.1) is 21.5 Å². The molecule has 0 aromatic heterocycles. The number of allylic oxidation sites excluding steroid dienone is 1. The van der Waals surface area contributed by atoms with Crippen molar-refractivity contribution in [2.75, 3.05) is 6.73 Å². The number of rotatable bonds is 12.